The summed E-state index contributed by atoms with van der Waals surface area (Å²) in [7, 11) is 0. The molecule has 0 aromatic heterocycles. The van der Waals surface area contributed by atoms with Crippen molar-refractivity contribution in [3.8, 4) is 0 Å². The van der Waals surface area contributed by atoms with Gasteiger partial charge < -0.3 is 15.4 Å². The first-order valence-corrected chi connectivity index (χ1v) is 6.96. The third-order valence-electron chi connectivity index (χ3n) is 3.15. The van der Waals surface area contributed by atoms with Crippen molar-refractivity contribution in [1.29, 1.82) is 0 Å². The van der Waals surface area contributed by atoms with Crippen LogP contribution in [0.1, 0.15) is 31.7 Å². The Morgan fingerprint density at radius 1 is 1.29 bits per heavy atom. The van der Waals surface area contributed by atoms with Gasteiger partial charge in [0.1, 0.15) is 0 Å². The second kappa shape index (κ2) is 6.88. The van der Waals surface area contributed by atoms with Crippen molar-refractivity contribution < 1.29 is 19.1 Å². The predicted molar refractivity (Wildman–Crippen MR) is 77.9 cm³/mol. The van der Waals surface area contributed by atoms with Gasteiger partial charge in [0.25, 0.3) is 0 Å². The van der Waals surface area contributed by atoms with Gasteiger partial charge in [-0.05, 0) is 37.1 Å². The summed E-state index contributed by atoms with van der Waals surface area (Å²) in [6.45, 7) is 2.04. The van der Waals surface area contributed by atoms with Crippen LogP contribution in [0.15, 0.2) is 18.2 Å². The average Bonchev–Trinajstić information content (AvgIpc) is 2.46. The van der Waals surface area contributed by atoms with Gasteiger partial charge in [-0.25, -0.2) is 0 Å². The van der Waals surface area contributed by atoms with Gasteiger partial charge in [0.05, 0.1) is 13.0 Å². The lowest BCUT2D eigenvalue weighted by Gasteiger charge is -2.17. The summed E-state index contributed by atoms with van der Waals surface area (Å²) in [4.78, 5) is 34.2. The Hall–Kier alpha value is -2.37. The van der Waals surface area contributed by atoms with Gasteiger partial charge in [-0.15, -0.1) is 0 Å². The van der Waals surface area contributed by atoms with Gasteiger partial charge in [-0.1, -0.05) is 0 Å². The number of fused-ring (bicyclic) bond motifs is 1. The highest BCUT2D eigenvalue weighted by molar-refractivity contribution is 5.96. The number of hydrogen-bond acceptors (Lipinski definition) is 4. The van der Waals surface area contributed by atoms with Crippen molar-refractivity contribution in [1.82, 2.24) is 0 Å². The lowest BCUT2D eigenvalue weighted by atomic mass is 10.0. The monoisotopic (exact) mass is 290 g/mol. The molecule has 21 heavy (non-hydrogen) atoms. The maximum Gasteiger partial charge on any atom is 0.306 e. The summed E-state index contributed by atoms with van der Waals surface area (Å²) in [6.07, 6.45) is 1.27. The number of esters is 1. The van der Waals surface area contributed by atoms with E-state index in [1.165, 1.54) is 0 Å². The van der Waals surface area contributed by atoms with E-state index in [0.717, 1.165) is 11.3 Å². The van der Waals surface area contributed by atoms with Crippen molar-refractivity contribution in [2.75, 3.05) is 17.2 Å². The van der Waals surface area contributed by atoms with E-state index in [4.69, 9.17) is 4.74 Å². The molecule has 0 unspecified atom stereocenters. The quantitative estimate of drug-likeness (QED) is 0.811. The summed E-state index contributed by atoms with van der Waals surface area (Å²) in [5.74, 6) is -0.600. The van der Waals surface area contributed by atoms with Crippen molar-refractivity contribution in [3.05, 3.63) is 23.8 Å². The van der Waals surface area contributed by atoms with E-state index in [1.807, 2.05) is 6.07 Å². The molecule has 0 fully saturated rings. The van der Waals surface area contributed by atoms with Crippen molar-refractivity contribution >= 4 is 29.2 Å². The Morgan fingerprint density at radius 3 is 2.86 bits per heavy atom. The number of benzene rings is 1. The predicted octanol–water partition coefficient (Wildman–Crippen LogP) is 1.85. The molecule has 6 nitrogen and oxygen atoms in total. The van der Waals surface area contributed by atoms with Crippen LogP contribution in [-0.2, 0) is 25.5 Å². The van der Waals surface area contributed by atoms with Crippen molar-refractivity contribution in [2.24, 2.45) is 0 Å². The Balaban J connectivity index is 1.90. The van der Waals surface area contributed by atoms with Crippen LogP contribution in [0.4, 0.5) is 11.4 Å². The molecule has 0 aliphatic carbocycles. The van der Waals surface area contributed by atoms with Crippen LogP contribution in [0.2, 0.25) is 0 Å². The van der Waals surface area contributed by atoms with Gasteiger partial charge >= 0.3 is 5.97 Å². The molecular formula is C15H18N2O4. The Bertz CT molecular complexity index is 569. The van der Waals surface area contributed by atoms with Gasteiger partial charge in [-0.2, -0.15) is 0 Å². The highest BCUT2D eigenvalue weighted by Gasteiger charge is 2.15. The third-order valence-corrected chi connectivity index (χ3v) is 3.15. The van der Waals surface area contributed by atoms with Crippen LogP contribution in [-0.4, -0.2) is 24.4 Å². The number of nitrogens with one attached hydrogen (secondary N) is 2. The molecule has 2 amide bonds. The van der Waals surface area contributed by atoms with E-state index < -0.39 is 0 Å². The number of hydrogen-bond donors (Lipinski definition) is 2. The van der Waals surface area contributed by atoms with Crippen LogP contribution in [0.3, 0.4) is 0 Å². The Labute approximate surface area is 122 Å². The molecular weight excluding hydrogens is 272 g/mol. The molecule has 0 spiro atoms. The fourth-order valence-electron chi connectivity index (χ4n) is 2.13. The summed E-state index contributed by atoms with van der Waals surface area (Å²) in [5, 5.41) is 5.52. The molecule has 0 saturated carbocycles. The average molecular weight is 290 g/mol. The normalized spacial score (nSPS) is 13.1. The van der Waals surface area contributed by atoms with E-state index in [2.05, 4.69) is 10.6 Å². The minimum absolute atomic E-state index is 0.00808. The topological polar surface area (TPSA) is 84.5 Å². The third kappa shape index (κ3) is 4.30. The number of ether oxygens (including phenoxy) is 1. The summed E-state index contributed by atoms with van der Waals surface area (Å²) in [6, 6.07) is 5.34. The fraction of sp³-hybridized carbons (Fsp3) is 0.400. The maximum atomic E-state index is 11.8. The molecule has 1 aromatic carbocycles. The van der Waals surface area contributed by atoms with Gasteiger partial charge in [-0.3, -0.25) is 14.4 Å². The van der Waals surface area contributed by atoms with E-state index >= 15 is 0 Å². The van der Waals surface area contributed by atoms with Crippen LogP contribution >= 0.6 is 0 Å². The molecule has 0 bridgehead atoms. The number of rotatable bonds is 5. The standard InChI is InChI=1S/C15H18N2O4/c1-2-21-15(20)8-7-13(18)16-11-4-5-12-10(9-11)3-6-14(19)17-12/h4-5,9H,2-3,6-8H2,1H3,(H,16,18)(H,17,19). The van der Waals surface area contributed by atoms with Crippen LogP contribution in [0.25, 0.3) is 0 Å². The summed E-state index contributed by atoms with van der Waals surface area (Å²) >= 11 is 0. The van der Waals surface area contributed by atoms with E-state index in [1.54, 1.807) is 19.1 Å². The molecule has 1 aliphatic heterocycles. The lowest BCUT2D eigenvalue weighted by molar-refractivity contribution is -0.144. The van der Waals surface area contributed by atoms with Crippen LogP contribution in [0, 0.1) is 0 Å². The molecule has 112 valence electrons. The van der Waals surface area contributed by atoms with Crippen molar-refractivity contribution in [2.45, 2.75) is 32.6 Å². The molecule has 0 radical (unpaired) electrons. The smallest absolute Gasteiger partial charge is 0.306 e. The van der Waals surface area contributed by atoms with Gasteiger partial charge in [0, 0.05) is 24.2 Å². The van der Waals surface area contributed by atoms with Crippen molar-refractivity contribution in [3.63, 3.8) is 0 Å². The SMILES string of the molecule is CCOC(=O)CCC(=O)Nc1ccc2c(c1)CCC(=O)N2. The number of carbonyl (C=O) groups is 3. The Morgan fingerprint density at radius 2 is 2.10 bits per heavy atom. The fourth-order valence-corrected chi connectivity index (χ4v) is 2.13. The van der Waals surface area contributed by atoms with E-state index in [-0.39, 0.29) is 30.6 Å². The lowest BCUT2D eigenvalue weighted by Crippen LogP contribution is -2.19. The highest BCUT2D eigenvalue weighted by atomic mass is 16.5. The molecule has 0 atom stereocenters. The molecule has 1 aliphatic rings. The van der Waals surface area contributed by atoms with Gasteiger partial charge in [0.2, 0.25) is 11.8 Å². The minimum atomic E-state index is -0.374. The van der Waals surface area contributed by atoms with Crippen LogP contribution < -0.4 is 10.6 Å². The first-order valence-electron chi connectivity index (χ1n) is 6.96. The highest BCUT2D eigenvalue weighted by Crippen LogP contribution is 2.25. The first-order chi connectivity index (χ1) is 10.1. The zero-order chi connectivity index (χ0) is 15.2. The summed E-state index contributed by atoms with van der Waals surface area (Å²) < 4.78 is 4.77. The molecule has 1 heterocycles. The van der Waals surface area contributed by atoms with Crippen LogP contribution in [0.5, 0.6) is 0 Å². The number of anilines is 2. The zero-order valence-electron chi connectivity index (χ0n) is 11.9. The number of aryl methyl sites for hydroxylation is 1. The van der Waals surface area contributed by atoms with E-state index in [0.29, 0.717) is 25.1 Å². The molecule has 6 heteroatoms. The molecule has 2 N–H and O–H groups in total. The number of amides is 2. The number of carbonyl (C=O) groups excluding carboxylic acids is 3. The minimum Gasteiger partial charge on any atom is -0.466 e. The summed E-state index contributed by atoms with van der Waals surface area (Å²) in [5.41, 5.74) is 2.45. The largest absolute Gasteiger partial charge is 0.466 e. The second-order valence-electron chi connectivity index (χ2n) is 4.77. The molecule has 0 saturated heterocycles. The second-order valence-corrected chi connectivity index (χ2v) is 4.77. The molecule has 1 aromatic rings. The molecule has 2 rings (SSSR count). The maximum absolute atomic E-state index is 11.8. The first kappa shape index (κ1) is 15.0. The van der Waals surface area contributed by atoms with Gasteiger partial charge in [0.15, 0.2) is 0 Å². The van der Waals surface area contributed by atoms with E-state index in [9.17, 15) is 14.4 Å². The zero-order valence-corrected chi connectivity index (χ0v) is 11.9. The Kier molecular flexibility index (Phi) is 4.92.